The fraction of sp³-hybridized carbons (Fsp3) is 0.0909. The van der Waals surface area contributed by atoms with Crippen LogP contribution in [0.15, 0.2) is 28.5 Å². The van der Waals surface area contributed by atoms with Crippen LogP contribution in [0, 0.1) is 5.82 Å². The van der Waals surface area contributed by atoms with E-state index < -0.39 is 5.97 Å². The standard InChI is InChI=1S/C11H9FN2O2S2/c12-6-1-2-9(8(13)3-6)17-4-7-5-18-10(14-7)11(15)16/h1-3,5H,4,13H2,(H,15,16). The minimum atomic E-state index is -1.03. The molecule has 0 atom stereocenters. The zero-order valence-electron chi connectivity index (χ0n) is 9.09. The monoisotopic (exact) mass is 284 g/mol. The first-order chi connectivity index (χ1) is 8.56. The van der Waals surface area contributed by atoms with Crippen molar-refractivity contribution in [1.29, 1.82) is 0 Å². The average molecular weight is 284 g/mol. The largest absolute Gasteiger partial charge is 0.476 e. The number of rotatable bonds is 4. The molecule has 0 aliphatic rings. The number of nitrogen functional groups attached to an aromatic ring is 1. The van der Waals surface area contributed by atoms with Crippen molar-refractivity contribution in [2.24, 2.45) is 0 Å². The quantitative estimate of drug-likeness (QED) is 0.667. The summed E-state index contributed by atoms with van der Waals surface area (Å²) in [5.74, 6) is -0.907. The SMILES string of the molecule is Nc1cc(F)ccc1SCc1csc(C(=O)O)n1. The van der Waals surface area contributed by atoms with Gasteiger partial charge in [-0.05, 0) is 18.2 Å². The number of halogens is 1. The van der Waals surface area contributed by atoms with Crippen LogP contribution in [0.1, 0.15) is 15.5 Å². The van der Waals surface area contributed by atoms with Crippen LogP contribution in [0.2, 0.25) is 0 Å². The van der Waals surface area contributed by atoms with E-state index >= 15 is 0 Å². The molecule has 0 bridgehead atoms. The molecule has 0 saturated heterocycles. The van der Waals surface area contributed by atoms with E-state index in [1.165, 1.54) is 23.9 Å². The second-order valence-corrected chi connectivity index (χ2v) is 5.30. The Labute approximate surface area is 111 Å². The van der Waals surface area contributed by atoms with Crippen molar-refractivity contribution in [3.8, 4) is 0 Å². The van der Waals surface area contributed by atoms with Crippen LogP contribution in [0.25, 0.3) is 0 Å². The Bertz CT molecular complexity index is 586. The number of thiazole rings is 1. The summed E-state index contributed by atoms with van der Waals surface area (Å²) in [7, 11) is 0. The van der Waals surface area contributed by atoms with Gasteiger partial charge < -0.3 is 10.8 Å². The number of anilines is 1. The van der Waals surface area contributed by atoms with E-state index in [0.717, 1.165) is 16.2 Å². The highest BCUT2D eigenvalue weighted by atomic mass is 32.2. The number of hydrogen-bond acceptors (Lipinski definition) is 5. The number of hydrogen-bond donors (Lipinski definition) is 2. The first kappa shape index (κ1) is 12.8. The number of carboxylic acid groups (broad SMARTS) is 1. The molecule has 0 aliphatic heterocycles. The van der Waals surface area contributed by atoms with Gasteiger partial charge in [0.25, 0.3) is 0 Å². The minimum Gasteiger partial charge on any atom is -0.476 e. The van der Waals surface area contributed by atoms with Crippen LogP contribution in [0.5, 0.6) is 0 Å². The number of thioether (sulfide) groups is 1. The summed E-state index contributed by atoms with van der Waals surface area (Å²) in [6.07, 6.45) is 0. The summed E-state index contributed by atoms with van der Waals surface area (Å²) >= 11 is 2.48. The molecule has 0 unspecified atom stereocenters. The lowest BCUT2D eigenvalue weighted by Gasteiger charge is -2.03. The Morgan fingerprint density at radius 1 is 1.56 bits per heavy atom. The second-order valence-electron chi connectivity index (χ2n) is 3.42. The molecule has 2 rings (SSSR count). The number of aromatic carboxylic acids is 1. The van der Waals surface area contributed by atoms with Crippen molar-refractivity contribution in [3.63, 3.8) is 0 Å². The van der Waals surface area contributed by atoms with Gasteiger partial charge in [-0.15, -0.1) is 23.1 Å². The molecule has 0 saturated carbocycles. The fourth-order valence-electron chi connectivity index (χ4n) is 1.27. The van der Waals surface area contributed by atoms with Crippen molar-refractivity contribution in [2.75, 3.05) is 5.73 Å². The maximum Gasteiger partial charge on any atom is 0.365 e. The van der Waals surface area contributed by atoms with Crippen LogP contribution >= 0.6 is 23.1 Å². The third-order valence-electron chi connectivity index (χ3n) is 2.08. The lowest BCUT2D eigenvalue weighted by Crippen LogP contribution is -1.95. The smallest absolute Gasteiger partial charge is 0.365 e. The zero-order valence-corrected chi connectivity index (χ0v) is 10.7. The van der Waals surface area contributed by atoms with Crippen LogP contribution in [0.3, 0.4) is 0 Å². The van der Waals surface area contributed by atoms with Gasteiger partial charge in [0, 0.05) is 21.7 Å². The molecular formula is C11H9FN2O2S2. The maximum atomic E-state index is 12.8. The molecule has 1 aromatic heterocycles. The van der Waals surface area contributed by atoms with Gasteiger partial charge in [-0.1, -0.05) is 0 Å². The van der Waals surface area contributed by atoms with Crippen molar-refractivity contribution >= 4 is 34.8 Å². The summed E-state index contributed by atoms with van der Waals surface area (Å²) in [4.78, 5) is 15.4. The van der Waals surface area contributed by atoms with Crippen molar-refractivity contribution in [1.82, 2.24) is 4.98 Å². The van der Waals surface area contributed by atoms with Gasteiger partial charge >= 0.3 is 5.97 Å². The Balaban J connectivity index is 2.04. The Morgan fingerprint density at radius 2 is 2.33 bits per heavy atom. The van der Waals surface area contributed by atoms with Crippen molar-refractivity contribution < 1.29 is 14.3 Å². The van der Waals surface area contributed by atoms with E-state index in [9.17, 15) is 9.18 Å². The van der Waals surface area contributed by atoms with Gasteiger partial charge in [-0.3, -0.25) is 0 Å². The normalized spacial score (nSPS) is 10.5. The summed E-state index contributed by atoms with van der Waals surface area (Å²) in [5.41, 5.74) is 6.71. The maximum absolute atomic E-state index is 12.8. The highest BCUT2D eigenvalue weighted by molar-refractivity contribution is 7.98. The minimum absolute atomic E-state index is 0.0673. The highest BCUT2D eigenvalue weighted by Gasteiger charge is 2.09. The van der Waals surface area contributed by atoms with Gasteiger partial charge in [0.2, 0.25) is 5.01 Å². The van der Waals surface area contributed by atoms with Gasteiger partial charge in [0.05, 0.1) is 5.69 Å². The molecule has 0 radical (unpaired) electrons. The Hall–Kier alpha value is -1.60. The third-order valence-corrected chi connectivity index (χ3v) is 4.08. The van der Waals surface area contributed by atoms with Crippen LogP contribution in [-0.2, 0) is 5.75 Å². The number of benzene rings is 1. The average Bonchev–Trinajstić information content (AvgIpc) is 2.76. The summed E-state index contributed by atoms with van der Waals surface area (Å²) < 4.78 is 12.8. The molecule has 0 amide bonds. The lowest BCUT2D eigenvalue weighted by atomic mass is 10.3. The first-order valence-corrected chi connectivity index (χ1v) is 6.78. The van der Waals surface area contributed by atoms with Crippen molar-refractivity contribution in [3.05, 3.63) is 40.1 Å². The van der Waals surface area contributed by atoms with E-state index in [2.05, 4.69) is 4.98 Å². The highest BCUT2D eigenvalue weighted by Crippen LogP contribution is 2.28. The van der Waals surface area contributed by atoms with Crippen molar-refractivity contribution in [2.45, 2.75) is 10.6 Å². The second kappa shape index (κ2) is 5.36. The number of nitrogens with two attached hydrogens (primary N) is 1. The molecule has 0 spiro atoms. The number of nitrogens with zero attached hydrogens (tertiary/aromatic N) is 1. The van der Waals surface area contributed by atoms with Gasteiger partial charge in [0.15, 0.2) is 0 Å². The van der Waals surface area contributed by atoms with Gasteiger partial charge in [-0.25, -0.2) is 14.2 Å². The van der Waals surface area contributed by atoms with Gasteiger partial charge in [0.1, 0.15) is 5.82 Å². The lowest BCUT2D eigenvalue weighted by molar-refractivity contribution is 0.0696. The Morgan fingerprint density at radius 3 is 2.94 bits per heavy atom. The van der Waals surface area contributed by atoms with Gasteiger partial charge in [-0.2, -0.15) is 0 Å². The fourth-order valence-corrected chi connectivity index (χ4v) is 2.88. The number of carbonyl (C=O) groups is 1. The molecule has 1 heterocycles. The summed E-state index contributed by atoms with van der Waals surface area (Å²) in [6.45, 7) is 0. The predicted octanol–water partition coefficient (Wildman–Crippen LogP) is 2.85. The number of aromatic nitrogens is 1. The summed E-state index contributed by atoms with van der Waals surface area (Å²) in [6, 6.07) is 4.19. The van der Waals surface area contributed by atoms with E-state index in [1.54, 1.807) is 11.4 Å². The zero-order chi connectivity index (χ0) is 13.1. The summed E-state index contributed by atoms with van der Waals surface area (Å²) in [5, 5.41) is 10.5. The molecule has 4 nitrogen and oxygen atoms in total. The molecule has 2 aromatic rings. The molecule has 0 aliphatic carbocycles. The third kappa shape index (κ3) is 2.99. The molecule has 1 aromatic carbocycles. The van der Waals surface area contributed by atoms with E-state index in [4.69, 9.17) is 10.8 Å². The molecule has 0 fully saturated rings. The first-order valence-electron chi connectivity index (χ1n) is 4.92. The molecule has 94 valence electrons. The van der Waals surface area contributed by atoms with E-state index in [-0.39, 0.29) is 10.8 Å². The van der Waals surface area contributed by atoms with E-state index in [1.807, 2.05) is 0 Å². The van der Waals surface area contributed by atoms with Crippen LogP contribution < -0.4 is 5.73 Å². The molecule has 7 heteroatoms. The Kier molecular flexibility index (Phi) is 3.83. The molecule has 3 N–H and O–H groups in total. The van der Waals surface area contributed by atoms with Crippen LogP contribution in [0.4, 0.5) is 10.1 Å². The molecule has 18 heavy (non-hydrogen) atoms. The molecular weight excluding hydrogens is 275 g/mol. The number of carboxylic acids is 1. The predicted molar refractivity (Wildman–Crippen MR) is 69.4 cm³/mol. The topological polar surface area (TPSA) is 76.2 Å². The van der Waals surface area contributed by atoms with E-state index in [0.29, 0.717) is 17.1 Å². The van der Waals surface area contributed by atoms with Crippen LogP contribution in [-0.4, -0.2) is 16.1 Å².